The quantitative estimate of drug-likeness (QED) is 0.480. The molecule has 0 radical (unpaired) electrons. The molecule has 0 fully saturated rings. The average molecular weight is 174 g/mol. The number of carbonyl (C=O) groups is 2. The Bertz CT molecular complexity index is 164. The molecule has 0 amide bonds. The monoisotopic (exact) mass is 174 g/mol. The molecule has 70 valence electrons. The Morgan fingerprint density at radius 1 is 1.50 bits per heavy atom. The van der Waals surface area contributed by atoms with E-state index in [0.717, 1.165) is 0 Å². The van der Waals surface area contributed by atoms with E-state index in [1.165, 1.54) is 6.92 Å². The third-order valence-corrected chi connectivity index (χ3v) is 1.26. The van der Waals surface area contributed by atoms with E-state index in [-0.39, 0.29) is 24.9 Å². The zero-order valence-corrected chi connectivity index (χ0v) is 7.37. The highest BCUT2D eigenvalue weighted by Gasteiger charge is 2.10. The second-order valence-electron chi connectivity index (χ2n) is 2.69. The van der Waals surface area contributed by atoms with E-state index >= 15 is 0 Å². The number of Topliss-reactive ketones (excluding diaryl/α,β-unsaturated/α-hetero) is 1. The first-order valence-corrected chi connectivity index (χ1v) is 3.86. The first-order valence-electron chi connectivity index (χ1n) is 3.86. The van der Waals surface area contributed by atoms with Crippen LogP contribution in [0.1, 0.15) is 26.7 Å². The molecule has 0 bridgehead atoms. The van der Waals surface area contributed by atoms with Gasteiger partial charge in [-0.1, -0.05) is 0 Å². The fourth-order valence-corrected chi connectivity index (χ4v) is 0.710. The van der Waals surface area contributed by atoms with E-state index in [4.69, 9.17) is 9.84 Å². The lowest BCUT2D eigenvalue weighted by Crippen LogP contribution is -2.17. The highest BCUT2D eigenvalue weighted by atomic mass is 16.5. The second-order valence-corrected chi connectivity index (χ2v) is 2.69. The Balaban J connectivity index is 3.61. The number of esters is 1. The van der Waals surface area contributed by atoms with Crippen LogP contribution in [-0.2, 0) is 14.3 Å². The normalized spacial score (nSPS) is 12.2. The summed E-state index contributed by atoms with van der Waals surface area (Å²) in [6.07, 6.45) is -0.0961. The Morgan fingerprint density at radius 3 is 2.50 bits per heavy atom. The molecule has 4 nitrogen and oxygen atoms in total. The van der Waals surface area contributed by atoms with Crippen LogP contribution in [0, 0.1) is 0 Å². The third-order valence-electron chi connectivity index (χ3n) is 1.26. The molecule has 0 unspecified atom stereocenters. The van der Waals surface area contributed by atoms with Crippen molar-refractivity contribution >= 4 is 11.8 Å². The molecule has 1 N–H and O–H groups in total. The molecule has 0 spiro atoms. The summed E-state index contributed by atoms with van der Waals surface area (Å²) in [5.74, 6) is -0.736. The maximum atomic E-state index is 10.8. The Hall–Kier alpha value is -0.900. The second kappa shape index (κ2) is 5.71. The van der Waals surface area contributed by atoms with Crippen LogP contribution in [0.2, 0.25) is 0 Å². The van der Waals surface area contributed by atoms with Gasteiger partial charge in [-0.25, -0.2) is 0 Å². The van der Waals surface area contributed by atoms with Crippen molar-refractivity contribution < 1.29 is 19.4 Å². The molecular weight excluding hydrogens is 160 g/mol. The minimum absolute atomic E-state index is 0.0193. The number of carbonyl (C=O) groups excluding carboxylic acids is 2. The largest absolute Gasteiger partial charge is 0.462 e. The smallest absolute Gasteiger partial charge is 0.313 e. The van der Waals surface area contributed by atoms with E-state index in [2.05, 4.69) is 0 Å². The number of hydrogen-bond acceptors (Lipinski definition) is 4. The summed E-state index contributed by atoms with van der Waals surface area (Å²) < 4.78 is 4.78. The van der Waals surface area contributed by atoms with Crippen molar-refractivity contribution in [2.24, 2.45) is 0 Å². The van der Waals surface area contributed by atoms with Gasteiger partial charge in [-0.3, -0.25) is 9.59 Å². The molecule has 0 heterocycles. The van der Waals surface area contributed by atoms with Crippen molar-refractivity contribution in [1.29, 1.82) is 0 Å². The zero-order chi connectivity index (χ0) is 9.56. The van der Waals surface area contributed by atoms with Crippen LogP contribution >= 0.6 is 0 Å². The SMILES string of the molecule is CC(=O)CC(=O)O[C@@H](C)CCO. The fraction of sp³-hybridized carbons (Fsp3) is 0.750. The molecule has 0 aromatic rings. The van der Waals surface area contributed by atoms with Gasteiger partial charge in [0, 0.05) is 13.0 Å². The minimum Gasteiger partial charge on any atom is -0.462 e. The van der Waals surface area contributed by atoms with E-state index in [9.17, 15) is 9.59 Å². The van der Waals surface area contributed by atoms with Crippen molar-refractivity contribution in [3.8, 4) is 0 Å². The van der Waals surface area contributed by atoms with Gasteiger partial charge in [0.1, 0.15) is 18.3 Å². The van der Waals surface area contributed by atoms with Crippen LogP contribution in [0.4, 0.5) is 0 Å². The fourth-order valence-electron chi connectivity index (χ4n) is 0.710. The molecule has 0 saturated carbocycles. The van der Waals surface area contributed by atoms with Crippen molar-refractivity contribution in [2.75, 3.05) is 6.61 Å². The van der Waals surface area contributed by atoms with Gasteiger partial charge in [0.2, 0.25) is 0 Å². The summed E-state index contributed by atoms with van der Waals surface area (Å²) in [6, 6.07) is 0. The summed E-state index contributed by atoms with van der Waals surface area (Å²) in [7, 11) is 0. The van der Waals surface area contributed by atoms with Crippen molar-refractivity contribution in [3.05, 3.63) is 0 Å². The molecule has 0 aromatic heterocycles. The van der Waals surface area contributed by atoms with Crippen LogP contribution in [0.15, 0.2) is 0 Å². The predicted octanol–water partition coefficient (Wildman–Crippen LogP) is 0.280. The number of rotatable bonds is 5. The molecule has 0 aliphatic carbocycles. The van der Waals surface area contributed by atoms with E-state index in [1.54, 1.807) is 6.92 Å². The van der Waals surface area contributed by atoms with E-state index < -0.39 is 5.97 Å². The van der Waals surface area contributed by atoms with E-state index in [0.29, 0.717) is 6.42 Å². The van der Waals surface area contributed by atoms with Gasteiger partial charge in [-0.15, -0.1) is 0 Å². The third kappa shape index (κ3) is 5.85. The standard InChI is InChI=1S/C8H14O4/c1-6(10)5-8(11)12-7(2)3-4-9/h7,9H,3-5H2,1-2H3/t7-/m0/s1. The molecule has 0 aliphatic rings. The van der Waals surface area contributed by atoms with Gasteiger partial charge in [0.25, 0.3) is 0 Å². The summed E-state index contributed by atoms with van der Waals surface area (Å²) in [5.41, 5.74) is 0. The molecule has 0 rings (SSSR count). The van der Waals surface area contributed by atoms with Crippen LogP contribution in [0.25, 0.3) is 0 Å². The van der Waals surface area contributed by atoms with Crippen molar-refractivity contribution in [1.82, 2.24) is 0 Å². The summed E-state index contributed by atoms with van der Waals surface area (Å²) >= 11 is 0. The lowest BCUT2D eigenvalue weighted by Gasteiger charge is -2.10. The molecule has 0 aromatic carbocycles. The van der Waals surface area contributed by atoms with Gasteiger partial charge in [0.05, 0.1) is 0 Å². The Labute approximate surface area is 71.5 Å². The lowest BCUT2D eigenvalue weighted by atomic mass is 10.3. The number of aliphatic hydroxyl groups excluding tert-OH is 1. The first-order chi connectivity index (χ1) is 5.56. The molecule has 0 aliphatic heterocycles. The van der Waals surface area contributed by atoms with Gasteiger partial charge in [-0.05, 0) is 13.8 Å². The van der Waals surface area contributed by atoms with E-state index in [1.807, 2.05) is 0 Å². The zero-order valence-electron chi connectivity index (χ0n) is 7.37. The van der Waals surface area contributed by atoms with Crippen LogP contribution in [0.5, 0.6) is 0 Å². The number of ketones is 1. The number of aliphatic hydroxyl groups is 1. The summed E-state index contributed by atoms with van der Waals surface area (Å²) in [5, 5.41) is 8.47. The van der Waals surface area contributed by atoms with Gasteiger partial charge < -0.3 is 9.84 Å². The minimum atomic E-state index is -0.525. The van der Waals surface area contributed by atoms with Gasteiger partial charge >= 0.3 is 5.97 Å². The first kappa shape index (κ1) is 11.1. The maximum Gasteiger partial charge on any atom is 0.313 e. The average Bonchev–Trinajstić information content (AvgIpc) is 1.84. The molecular formula is C8H14O4. The van der Waals surface area contributed by atoms with Gasteiger partial charge in [-0.2, -0.15) is 0 Å². The van der Waals surface area contributed by atoms with Crippen LogP contribution in [0.3, 0.4) is 0 Å². The number of hydrogen-bond donors (Lipinski definition) is 1. The predicted molar refractivity (Wildman–Crippen MR) is 42.6 cm³/mol. The van der Waals surface area contributed by atoms with Crippen LogP contribution in [-0.4, -0.2) is 29.6 Å². The topological polar surface area (TPSA) is 63.6 Å². The van der Waals surface area contributed by atoms with Gasteiger partial charge in [0.15, 0.2) is 0 Å². The molecule has 12 heavy (non-hydrogen) atoms. The van der Waals surface area contributed by atoms with Crippen LogP contribution < -0.4 is 0 Å². The summed E-state index contributed by atoms with van der Waals surface area (Å²) in [4.78, 5) is 21.3. The molecule has 1 atom stereocenters. The Kier molecular flexibility index (Phi) is 5.28. The van der Waals surface area contributed by atoms with Crippen molar-refractivity contribution in [3.63, 3.8) is 0 Å². The Morgan fingerprint density at radius 2 is 2.08 bits per heavy atom. The highest BCUT2D eigenvalue weighted by Crippen LogP contribution is 1.98. The van der Waals surface area contributed by atoms with Crippen molar-refractivity contribution in [2.45, 2.75) is 32.8 Å². The molecule has 0 saturated heterocycles. The lowest BCUT2D eigenvalue weighted by molar-refractivity contribution is -0.150. The highest BCUT2D eigenvalue weighted by molar-refractivity contribution is 5.94. The maximum absolute atomic E-state index is 10.8. The summed E-state index contributed by atoms with van der Waals surface area (Å²) in [6.45, 7) is 2.99. The molecule has 4 heteroatoms. The number of ether oxygens (including phenoxy) is 1.